The van der Waals surface area contributed by atoms with Crippen LogP contribution in [0, 0.1) is 10.9 Å². The molecule has 1 fully saturated rings. The van der Waals surface area contributed by atoms with Crippen LogP contribution < -0.4 is 0 Å². The van der Waals surface area contributed by atoms with Crippen LogP contribution in [-0.2, 0) is 0 Å². The van der Waals surface area contributed by atoms with Crippen LogP contribution in [0.5, 0.6) is 0 Å². The molecule has 0 unspecified atom stereocenters. The van der Waals surface area contributed by atoms with E-state index < -0.39 is 0 Å². The zero-order valence-corrected chi connectivity index (χ0v) is 9.37. The quantitative estimate of drug-likeness (QED) is 0.424. The first-order valence-electron chi connectivity index (χ1n) is 5.87. The molecule has 0 aromatic heterocycles. The lowest BCUT2D eigenvalue weighted by Crippen LogP contribution is -2.05. The Labute approximate surface area is 95.9 Å². The van der Waals surface area contributed by atoms with E-state index in [-0.39, 0.29) is 5.84 Å². The molecule has 16 heavy (non-hydrogen) atoms. The van der Waals surface area contributed by atoms with Gasteiger partial charge in [0.2, 0.25) is 0 Å². The third-order valence-electron chi connectivity index (χ3n) is 3.35. The molecule has 84 valence electrons. The highest BCUT2D eigenvalue weighted by molar-refractivity contribution is 5.96. The van der Waals surface area contributed by atoms with E-state index in [2.05, 4.69) is 11.2 Å². The minimum absolute atomic E-state index is 0.0534. The topological polar surface area (TPSA) is 60.1 Å². The van der Waals surface area contributed by atoms with Crippen molar-refractivity contribution in [1.82, 2.24) is 0 Å². The molecule has 2 rings (SSSR count). The molecule has 1 aliphatic carbocycles. The first-order valence-corrected chi connectivity index (χ1v) is 5.87. The van der Waals surface area contributed by atoms with Crippen LogP contribution in [0.4, 0.5) is 0 Å². The van der Waals surface area contributed by atoms with E-state index in [0.717, 1.165) is 5.56 Å². The highest BCUT2D eigenvalue weighted by Crippen LogP contribution is 2.32. The second kappa shape index (κ2) is 5.01. The molecule has 2 N–H and O–H groups in total. The Morgan fingerprint density at radius 1 is 1.19 bits per heavy atom. The van der Waals surface area contributed by atoms with Gasteiger partial charge in [-0.1, -0.05) is 37.5 Å². The van der Waals surface area contributed by atoms with Crippen LogP contribution in [-0.4, -0.2) is 5.84 Å². The molecule has 0 bridgehead atoms. The van der Waals surface area contributed by atoms with E-state index in [9.17, 15) is 0 Å². The summed E-state index contributed by atoms with van der Waals surface area (Å²) in [5.41, 5.74) is 8.93. The molecule has 0 aliphatic heterocycles. The molecular weight excluding hydrogens is 198 g/mol. The highest BCUT2D eigenvalue weighted by atomic mass is 15.0. The van der Waals surface area contributed by atoms with E-state index in [1.165, 1.54) is 37.7 Å². The summed E-state index contributed by atoms with van der Waals surface area (Å²) in [4.78, 5) is 0. The normalized spacial score (nSPS) is 17.0. The monoisotopic (exact) mass is 215 g/mol. The third-order valence-corrected chi connectivity index (χ3v) is 3.35. The van der Waals surface area contributed by atoms with Gasteiger partial charge in [0, 0.05) is 5.56 Å². The predicted molar refractivity (Wildman–Crippen MR) is 64.2 cm³/mol. The van der Waals surface area contributed by atoms with Crippen molar-refractivity contribution in [3.63, 3.8) is 0 Å². The van der Waals surface area contributed by atoms with Crippen molar-refractivity contribution in [1.29, 1.82) is 10.9 Å². The van der Waals surface area contributed by atoms with Crippen LogP contribution in [0.25, 0.3) is 0 Å². The zero-order valence-electron chi connectivity index (χ0n) is 9.37. The standard InChI is InChI=1S/C13H17N3/c14-13(16-15)12-8-4-7-11(9-12)10-5-2-1-3-6-10/h4,7-10,14-15H,1-3,5-6H2. The molecular formula is C13H17N3. The summed E-state index contributed by atoms with van der Waals surface area (Å²) >= 11 is 0. The average molecular weight is 215 g/mol. The first-order chi connectivity index (χ1) is 7.81. The highest BCUT2D eigenvalue weighted by Gasteiger charge is 2.15. The summed E-state index contributed by atoms with van der Waals surface area (Å²) in [6.45, 7) is 0. The fraction of sp³-hybridized carbons (Fsp3) is 0.462. The van der Waals surface area contributed by atoms with Crippen LogP contribution in [0.3, 0.4) is 0 Å². The summed E-state index contributed by atoms with van der Waals surface area (Å²) in [6, 6.07) is 7.98. The minimum Gasteiger partial charge on any atom is -0.281 e. The van der Waals surface area contributed by atoms with Gasteiger partial charge in [-0.15, -0.1) is 5.11 Å². The summed E-state index contributed by atoms with van der Waals surface area (Å²) in [5, 5.41) is 10.7. The predicted octanol–water partition coefficient (Wildman–Crippen LogP) is 4.09. The van der Waals surface area contributed by atoms with E-state index in [0.29, 0.717) is 5.92 Å². The molecule has 1 aromatic rings. The van der Waals surface area contributed by atoms with Gasteiger partial charge in [-0.2, -0.15) is 0 Å². The van der Waals surface area contributed by atoms with Gasteiger partial charge in [-0.05, 0) is 30.4 Å². The second-order valence-corrected chi connectivity index (χ2v) is 4.42. The van der Waals surface area contributed by atoms with Crippen molar-refractivity contribution in [2.45, 2.75) is 38.0 Å². The Morgan fingerprint density at radius 2 is 1.94 bits per heavy atom. The van der Waals surface area contributed by atoms with E-state index in [1.54, 1.807) is 0 Å². The van der Waals surface area contributed by atoms with Crippen molar-refractivity contribution in [3.05, 3.63) is 35.4 Å². The second-order valence-electron chi connectivity index (χ2n) is 4.42. The van der Waals surface area contributed by atoms with E-state index in [4.69, 9.17) is 10.9 Å². The Morgan fingerprint density at radius 3 is 2.62 bits per heavy atom. The number of nitrogens with zero attached hydrogens (tertiary/aromatic N) is 1. The van der Waals surface area contributed by atoms with Gasteiger partial charge in [0.05, 0.1) is 0 Å². The average Bonchev–Trinajstić information content (AvgIpc) is 2.39. The van der Waals surface area contributed by atoms with Gasteiger partial charge in [0.25, 0.3) is 0 Å². The number of amidine groups is 1. The summed E-state index contributed by atoms with van der Waals surface area (Å²) in [6.07, 6.45) is 6.50. The van der Waals surface area contributed by atoms with Gasteiger partial charge >= 0.3 is 0 Å². The van der Waals surface area contributed by atoms with Crippen molar-refractivity contribution in [2.24, 2.45) is 5.11 Å². The zero-order chi connectivity index (χ0) is 11.4. The lowest BCUT2D eigenvalue weighted by molar-refractivity contribution is 0.443. The largest absolute Gasteiger partial charge is 0.281 e. The minimum atomic E-state index is 0.0534. The van der Waals surface area contributed by atoms with E-state index in [1.807, 2.05) is 18.2 Å². The Balaban J connectivity index is 2.20. The molecule has 1 aromatic carbocycles. The lowest BCUT2D eigenvalue weighted by Gasteiger charge is -2.22. The van der Waals surface area contributed by atoms with Gasteiger partial charge in [0.1, 0.15) is 0 Å². The number of rotatable bonds is 2. The summed E-state index contributed by atoms with van der Waals surface area (Å²) in [7, 11) is 0. The molecule has 0 saturated heterocycles. The molecule has 0 radical (unpaired) electrons. The maximum atomic E-state index is 7.53. The lowest BCUT2D eigenvalue weighted by atomic mass is 9.83. The van der Waals surface area contributed by atoms with Crippen LogP contribution in [0.15, 0.2) is 29.4 Å². The smallest absolute Gasteiger partial charge is 0.173 e. The summed E-state index contributed by atoms with van der Waals surface area (Å²) in [5.74, 6) is 0.699. The van der Waals surface area contributed by atoms with Crippen LogP contribution in [0.2, 0.25) is 0 Å². The van der Waals surface area contributed by atoms with E-state index >= 15 is 0 Å². The fourth-order valence-corrected chi connectivity index (χ4v) is 2.44. The summed E-state index contributed by atoms with van der Waals surface area (Å²) < 4.78 is 0. The molecule has 0 heterocycles. The van der Waals surface area contributed by atoms with Crippen LogP contribution in [0.1, 0.15) is 49.1 Å². The number of hydrogen-bond acceptors (Lipinski definition) is 2. The molecule has 1 saturated carbocycles. The first kappa shape index (κ1) is 11.0. The third kappa shape index (κ3) is 2.35. The Kier molecular flexibility index (Phi) is 3.44. The molecule has 0 amide bonds. The molecule has 1 aliphatic rings. The van der Waals surface area contributed by atoms with Gasteiger partial charge in [-0.25, -0.2) is 5.53 Å². The number of hydrogen-bond donors (Lipinski definition) is 2. The van der Waals surface area contributed by atoms with Gasteiger partial charge < -0.3 is 0 Å². The van der Waals surface area contributed by atoms with Crippen molar-refractivity contribution in [3.8, 4) is 0 Å². The SMILES string of the molecule is N=NC(=N)c1cccc(C2CCCCC2)c1. The number of nitrogens with one attached hydrogen (secondary N) is 2. The van der Waals surface area contributed by atoms with Crippen LogP contribution >= 0.6 is 0 Å². The van der Waals surface area contributed by atoms with Crippen molar-refractivity contribution >= 4 is 5.84 Å². The molecule has 0 atom stereocenters. The maximum Gasteiger partial charge on any atom is 0.173 e. The molecule has 3 heteroatoms. The number of benzene rings is 1. The van der Waals surface area contributed by atoms with Crippen molar-refractivity contribution in [2.75, 3.05) is 0 Å². The molecule has 3 nitrogen and oxygen atoms in total. The Hall–Kier alpha value is -1.51. The Bertz CT molecular complexity index is 392. The van der Waals surface area contributed by atoms with Gasteiger partial charge in [-0.3, -0.25) is 5.41 Å². The van der Waals surface area contributed by atoms with Gasteiger partial charge in [0.15, 0.2) is 5.84 Å². The molecule has 0 spiro atoms. The maximum absolute atomic E-state index is 7.53. The van der Waals surface area contributed by atoms with Crippen molar-refractivity contribution < 1.29 is 0 Å². The fourth-order valence-electron chi connectivity index (χ4n) is 2.44.